The molecule has 0 aromatic heterocycles. The normalized spacial score (nSPS) is 27.0. The number of hydrogen-bond donors (Lipinski definition) is 1. The first-order valence-electron chi connectivity index (χ1n) is 6.67. The van der Waals surface area contributed by atoms with E-state index in [1.54, 1.807) is 12.1 Å². The molecule has 104 valence electrons. The van der Waals surface area contributed by atoms with E-state index >= 15 is 0 Å². The molecule has 3 unspecified atom stereocenters. The lowest BCUT2D eigenvalue weighted by atomic mass is 9.80. The summed E-state index contributed by atoms with van der Waals surface area (Å²) in [5.74, 6) is 1.11. The second-order valence-electron chi connectivity index (χ2n) is 5.45. The van der Waals surface area contributed by atoms with E-state index in [0.717, 1.165) is 18.8 Å². The van der Waals surface area contributed by atoms with Crippen LogP contribution in [0.2, 0.25) is 0 Å². The molecule has 1 N–H and O–H groups in total. The van der Waals surface area contributed by atoms with E-state index in [1.165, 1.54) is 6.42 Å². The number of rotatable bonds is 3. The lowest BCUT2D eigenvalue weighted by Gasteiger charge is -2.32. The Morgan fingerprint density at radius 3 is 2.68 bits per heavy atom. The highest BCUT2D eigenvalue weighted by molar-refractivity contribution is 9.10. The molecule has 0 spiro atoms. The predicted octanol–water partition coefficient (Wildman–Crippen LogP) is 4.35. The molecule has 1 aromatic carbocycles. The van der Waals surface area contributed by atoms with E-state index in [-0.39, 0.29) is 11.7 Å². The Morgan fingerprint density at radius 1 is 1.32 bits per heavy atom. The van der Waals surface area contributed by atoms with Gasteiger partial charge in [0.25, 0.3) is 0 Å². The van der Waals surface area contributed by atoms with E-state index in [0.29, 0.717) is 16.1 Å². The summed E-state index contributed by atoms with van der Waals surface area (Å²) in [5.41, 5.74) is 0.245. The molecule has 1 aromatic rings. The fourth-order valence-corrected chi connectivity index (χ4v) is 2.96. The average molecular weight is 327 g/mol. The first-order valence-corrected chi connectivity index (χ1v) is 7.46. The van der Waals surface area contributed by atoms with Gasteiger partial charge in [0.2, 0.25) is 0 Å². The van der Waals surface area contributed by atoms with Gasteiger partial charge < -0.3 is 9.84 Å². The van der Waals surface area contributed by atoms with Crippen LogP contribution in [0.25, 0.3) is 0 Å². The van der Waals surface area contributed by atoms with Crippen molar-refractivity contribution in [3.05, 3.63) is 28.2 Å². The number of carboxylic acids is 1. The van der Waals surface area contributed by atoms with Crippen molar-refractivity contribution >= 4 is 21.9 Å². The molecule has 19 heavy (non-hydrogen) atoms. The van der Waals surface area contributed by atoms with Crippen LogP contribution >= 0.6 is 15.9 Å². The third-order valence-corrected chi connectivity index (χ3v) is 4.71. The molecule has 0 radical (unpaired) electrons. The van der Waals surface area contributed by atoms with Crippen molar-refractivity contribution in [3.8, 4) is 5.75 Å². The van der Waals surface area contributed by atoms with Crippen LogP contribution in [0, 0.1) is 11.8 Å². The number of halogens is 1. The average Bonchev–Trinajstić information content (AvgIpc) is 2.36. The van der Waals surface area contributed by atoms with Gasteiger partial charge in [-0.2, -0.15) is 0 Å². The van der Waals surface area contributed by atoms with Gasteiger partial charge in [-0.25, -0.2) is 4.79 Å². The van der Waals surface area contributed by atoms with E-state index < -0.39 is 5.97 Å². The zero-order valence-electron chi connectivity index (χ0n) is 11.2. The van der Waals surface area contributed by atoms with Gasteiger partial charge in [0.15, 0.2) is 0 Å². The Hall–Kier alpha value is -1.03. The summed E-state index contributed by atoms with van der Waals surface area (Å²) in [7, 11) is 0. The van der Waals surface area contributed by atoms with Crippen molar-refractivity contribution < 1.29 is 14.6 Å². The molecule has 3 nitrogen and oxygen atoms in total. The molecule has 1 fully saturated rings. The lowest BCUT2D eigenvalue weighted by molar-refractivity contribution is 0.0693. The van der Waals surface area contributed by atoms with Gasteiger partial charge in [-0.15, -0.1) is 0 Å². The fraction of sp³-hybridized carbons (Fsp3) is 0.533. The summed E-state index contributed by atoms with van der Waals surface area (Å²) < 4.78 is 6.52. The molecule has 4 heteroatoms. The third kappa shape index (κ3) is 3.50. The van der Waals surface area contributed by atoms with Crippen LogP contribution in [0.1, 0.15) is 43.5 Å². The van der Waals surface area contributed by atoms with Crippen LogP contribution < -0.4 is 4.74 Å². The van der Waals surface area contributed by atoms with Crippen LogP contribution in [0.5, 0.6) is 5.75 Å². The third-order valence-electron chi connectivity index (χ3n) is 4.02. The van der Waals surface area contributed by atoms with Crippen molar-refractivity contribution in [2.24, 2.45) is 11.8 Å². The van der Waals surface area contributed by atoms with Crippen LogP contribution in [0.3, 0.4) is 0 Å². The maximum Gasteiger partial charge on any atom is 0.336 e. The Kier molecular flexibility index (Phi) is 4.50. The van der Waals surface area contributed by atoms with E-state index in [1.807, 2.05) is 6.07 Å². The standard InChI is InChI=1S/C15H19BrO3/c1-9-3-4-11(7-10(9)2)19-12-5-6-14(16)13(8-12)15(17)18/h5-6,8-11H,3-4,7H2,1-2H3,(H,17,18). The van der Waals surface area contributed by atoms with Gasteiger partial charge in [-0.05, 0) is 65.2 Å². The number of benzene rings is 1. The van der Waals surface area contributed by atoms with Crippen LogP contribution in [0.15, 0.2) is 22.7 Å². The Bertz CT molecular complexity index is 472. The largest absolute Gasteiger partial charge is 0.490 e. The van der Waals surface area contributed by atoms with Crippen LogP contribution in [0.4, 0.5) is 0 Å². The maximum atomic E-state index is 11.1. The van der Waals surface area contributed by atoms with Crippen molar-refractivity contribution in [1.82, 2.24) is 0 Å². The van der Waals surface area contributed by atoms with Gasteiger partial charge in [0.1, 0.15) is 5.75 Å². The molecular weight excluding hydrogens is 308 g/mol. The van der Waals surface area contributed by atoms with Crippen molar-refractivity contribution in [2.75, 3.05) is 0 Å². The minimum atomic E-state index is -0.942. The quantitative estimate of drug-likeness (QED) is 0.898. The molecule has 0 amide bonds. The van der Waals surface area contributed by atoms with Gasteiger partial charge in [-0.1, -0.05) is 13.8 Å². The molecule has 0 aliphatic heterocycles. The second kappa shape index (κ2) is 5.95. The Balaban J connectivity index is 2.07. The molecule has 2 rings (SSSR count). The highest BCUT2D eigenvalue weighted by atomic mass is 79.9. The summed E-state index contributed by atoms with van der Waals surface area (Å²) in [6.07, 6.45) is 3.46. The second-order valence-corrected chi connectivity index (χ2v) is 6.31. The first-order chi connectivity index (χ1) is 8.97. The number of hydrogen-bond acceptors (Lipinski definition) is 2. The van der Waals surface area contributed by atoms with Crippen molar-refractivity contribution in [3.63, 3.8) is 0 Å². The van der Waals surface area contributed by atoms with Crippen LogP contribution in [-0.2, 0) is 0 Å². The summed E-state index contributed by atoms with van der Waals surface area (Å²) in [6, 6.07) is 5.14. The van der Waals surface area contributed by atoms with Gasteiger partial charge in [0.05, 0.1) is 11.7 Å². The SMILES string of the molecule is CC1CCC(Oc2ccc(Br)c(C(=O)O)c2)CC1C. The van der Waals surface area contributed by atoms with E-state index in [4.69, 9.17) is 9.84 Å². The summed E-state index contributed by atoms with van der Waals surface area (Å²) in [4.78, 5) is 11.1. The maximum absolute atomic E-state index is 11.1. The molecule has 0 saturated heterocycles. The molecule has 0 heterocycles. The Morgan fingerprint density at radius 2 is 2.05 bits per heavy atom. The smallest absolute Gasteiger partial charge is 0.336 e. The zero-order valence-corrected chi connectivity index (χ0v) is 12.8. The van der Waals surface area contributed by atoms with Crippen LogP contribution in [-0.4, -0.2) is 17.2 Å². The summed E-state index contributed by atoms with van der Waals surface area (Å²) in [6.45, 7) is 4.54. The van der Waals surface area contributed by atoms with Crippen molar-refractivity contribution in [2.45, 2.75) is 39.2 Å². The fourth-order valence-electron chi connectivity index (χ4n) is 2.54. The monoisotopic (exact) mass is 326 g/mol. The predicted molar refractivity (Wildman–Crippen MR) is 77.7 cm³/mol. The highest BCUT2D eigenvalue weighted by Crippen LogP contribution is 2.32. The molecule has 3 atom stereocenters. The number of carbonyl (C=O) groups is 1. The lowest BCUT2D eigenvalue weighted by Crippen LogP contribution is -2.28. The topological polar surface area (TPSA) is 46.5 Å². The summed E-state index contributed by atoms with van der Waals surface area (Å²) >= 11 is 3.24. The molecule has 1 saturated carbocycles. The molecule has 0 bridgehead atoms. The van der Waals surface area contributed by atoms with Gasteiger partial charge in [0, 0.05) is 4.47 Å². The van der Waals surface area contributed by atoms with E-state index in [9.17, 15) is 4.79 Å². The highest BCUT2D eigenvalue weighted by Gasteiger charge is 2.26. The molecule has 1 aliphatic carbocycles. The van der Waals surface area contributed by atoms with Gasteiger partial charge >= 0.3 is 5.97 Å². The molecular formula is C15H19BrO3. The minimum absolute atomic E-state index is 0.203. The Labute approximate surface area is 122 Å². The number of ether oxygens (including phenoxy) is 1. The van der Waals surface area contributed by atoms with E-state index in [2.05, 4.69) is 29.8 Å². The number of aromatic carboxylic acids is 1. The summed E-state index contributed by atoms with van der Waals surface area (Å²) in [5, 5.41) is 9.09. The zero-order chi connectivity index (χ0) is 14.0. The van der Waals surface area contributed by atoms with Gasteiger partial charge in [-0.3, -0.25) is 0 Å². The van der Waals surface area contributed by atoms with Crippen molar-refractivity contribution in [1.29, 1.82) is 0 Å². The minimum Gasteiger partial charge on any atom is -0.490 e. The molecule has 1 aliphatic rings. The number of carboxylic acid groups (broad SMARTS) is 1. The first kappa shape index (κ1) is 14.4.